The van der Waals surface area contributed by atoms with Crippen molar-refractivity contribution in [2.75, 3.05) is 12.8 Å². The second kappa shape index (κ2) is 5.00. The molecule has 0 radical (unpaired) electrons. The molecule has 1 aromatic heterocycles. The zero-order chi connectivity index (χ0) is 14.1. The molecule has 0 saturated heterocycles. The van der Waals surface area contributed by atoms with Gasteiger partial charge in [0.2, 0.25) is 0 Å². The monoisotopic (exact) mass is 252 g/mol. The van der Waals surface area contributed by atoms with E-state index in [9.17, 15) is 4.79 Å². The van der Waals surface area contributed by atoms with Crippen LogP contribution in [0, 0.1) is 5.41 Å². The molecular formula is C13H24N4O. The average molecular weight is 252 g/mol. The summed E-state index contributed by atoms with van der Waals surface area (Å²) >= 11 is 0. The average Bonchev–Trinajstić information content (AvgIpc) is 2.66. The van der Waals surface area contributed by atoms with E-state index in [4.69, 9.17) is 5.73 Å². The number of rotatable bonds is 3. The van der Waals surface area contributed by atoms with E-state index in [0.29, 0.717) is 17.9 Å². The minimum absolute atomic E-state index is 0.0240. The van der Waals surface area contributed by atoms with Crippen molar-refractivity contribution in [1.82, 2.24) is 14.7 Å². The van der Waals surface area contributed by atoms with Crippen LogP contribution in [0.4, 0.5) is 5.69 Å². The van der Waals surface area contributed by atoms with E-state index in [1.54, 1.807) is 9.58 Å². The molecule has 0 aromatic carbocycles. The predicted molar refractivity (Wildman–Crippen MR) is 73.3 cm³/mol. The molecule has 0 saturated carbocycles. The highest BCUT2D eigenvalue weighted by Crippen LogP contribution is 2.25. The van der Waals surface area contributed by atoms with Crippen molar-refractivity contribution in [2.24, 2.45) is 5.41 Å². The number of nitrogens with zero attached hydrogens (tertiary/aromatic N) is 3. The molecule has 5 heteroatoms. The van der Waals surface area contributed by atoms with E-state index in [0.717, 1.165) is 0 Å². The summed E-state index contributed by atoms with van der Waals surface area (Å²) in [5, 5.41) is 4.10. The number of carbonyl (C=O) groups excluding carboxylic acids is 1. The number of nitrogens with two attached hydrogens (primary N) is 1. The van der Waals surface area contributed by atoms with Crippen LogP contribution < -0.4 is 5.73 Å². The first kappa shape index (κ1) is 14.5. The van der Waals surface area contributed by atoms with E-state index < -0.39 is 0 Å². The third-order valence-electron chi connectivity index (χ3n) is 3.52. The molecule has 18 heavy (non-hydrogen) atoms. The van der Waals surface area contributed by atoms with Crippen molar-refractivity contribution in [3.8, 4) is 0 Å². The van der Waals surface area contributed by atoms with Gasteiger partial charge < -0.3 is 10.6 Å². The first-order chi connectivity index (χ1) is 8.20. The maximum Gasteiger partial charge on any atom is 0.274 e. The van der Waals surface area contributed by atoms with Gasteiger partial charge in [0.1, 0.15) is 5.69 Å². The SMILES string of the molecule is CCn1ncc(N)c1C(=O)N(C)C(C)C(C)(C)C. The maximum absolute atomic E-state index is 12.5. The molecule has 0 bridgehead atoms. The lowest BCUT2D eigenvalue weighted by Crippen LogP contribution is -2.43. The summed E-state index contributed by atoms with van der Waals surface area (Å²) < 4.78 is 1.64. The lowest BCUT2D eigenvalue weighted by Gasteiger charge is -2.35. The minimum atomic E-state index is -0.0747. The summed E-state index contributed by atoms with van der Waals surface area (Å²) in [4.78, 5) is 14.2. The van der Waals surface area contributed by atoms with Gasteiger partial charge in [-0.05, 0) is 19.3 Å². The topological polar surface area (TPSA) is 64.2 Å². The fraction of sp³-hybridized carbons (Fsp3) is 0.692. The summed E-state index contributed by atoms with van der Waals surface area (Å²) in [6.45, 7) is 11.0. The molecule has 1 amide bonds. The second-order valence-corrected chi connectivity index (χ2v) is 5.72. The van der Waals surface area contributed by atoms with Gasteiger partial charge in [-0.2, -0.15) is 5.10 Å². The zero-order valence-electron chi connectivity index (χ0n) is 12.2. The van der Waals surface area contributed by atoms with Gasteiger partial charge in [-0.1, -0.05) is 20.8 Å². The van der Waals surface area contributed by atoms with Crippen molar-refractivity contribution in [3.63, 3.8) is 0 Å². The van der Waals surface area contributed by atoms with Crippen LogP contribution in [0.15, 0.2) is 6.20 Å². The summed E-state index contributed by atoms with van der Waals surface area (Å²) in [6, 6.07) is 0.115. The molecule has 1 heterocycles. The van der Waals surface area contributed by atoms with Crippen LogP contribution in [0.2, 0.25) is 0 Å². The Morgan fingerprint density at radius 3 is 2.56 bits per heavy atom. The Morgan fingerprint density at radius 1 is 1.56 bits per heavy atom. The van der Waals surface area contributed by atoms with Gasteiger partial charge in [0.25, 0.3) is 5.91 Å². The molecular weight excluding hydrogens is 228 g/mol. The van der Waals surface area contributed by atoms with Crippen LogP contribution in [-0.4, -0.2) is 33.7 Å². The Morgan fingerprint density at radius 2 is 2.11 bits per heavy atom. The number of anilines is 1. The number of hydrogen-bond donors (Lipinski definition) is 1. The van der Waals surface area contributed by atoms with Gasteiger partial charge >= 0.3 is 0 Å². The zero-order valence-corrected chi connectivity index (χ0v) is 12.2. The Hall–Kier alpha value is -1.52. The van der Waals surface area contributed by atoms with E-state index >= 15 is 0 Å². The van der Waals surface area contributed by atoms with Gasteiger partial charge in [0.15, 0.2) is 0 Å². The van der Waals surface area contributed by atoms with Gasteiger partial charge in [0, 0.05) is 19.6 Å². The molecule has 5 nitrogen and oxygen atoms in total. The Balaban J connectivity index is 3.04. The highest BCUT2D eigenvalue weighted by molar-refractivity contribution is 5.97. The van der Waals surface area contributed by atoms with Gasteiger partial charge in [-0.3, -0.25) is 9.48 Å². The molecule has 1 atom stereocenters. The fourth-order valence-electron chi connectivity index (χ4n) is 1.80. The number of aromatic nitrogens is 2. The summed E-state index contributed by atoms with van der Waals surface area (Å²) in [7, 11) is 1.81. The third kappa shape index (κ3) is 2.66. The minimum Gasteiger partial charge on any atom is -0.396 e. The van der Waals surface area contributed by atoms with Crippen LogP contribution in [-0.2, 0) is 6.54 Å². The number of amides is 1. The predicted octanol–water partition coefficient (Wildman–Crippen LogP) is 1.99. The summed E-state index contributed by atoms with van der Waals surface area (Å²) in [6.07, 6.45) is 1.53. The Kier molecular flexibility index (Phi) is 4.04. The normalized spacial score (nSPS) is 13.4. The molecule has 1 unspecified atom stereocenters. The molecule has 0 fully saturated rings. The van der Waals surface area contributed by atoms with Crippen LogP contribution in [0.1, 0.15) is 45.1 Å². The second-order valence-electron chi connectivity index (χ2n) is 5.72. The van der Waals surface area contributed by atoms with Crippen molar-refractivity contribution in [3.05, 3.63) is 11.9 Å². The fourth-order valence-corrected chi connectivity index (χ4v) is 1.80. The number of hydrogen-bond acceptors (Lipinski definition) is 3. The standard InChI is InChI=1S/C13H24N4O/c1-7-17-11(10(14)8-15-17)12(18)16(6)9(2)13(3,4)5/h8-9H,7,14H2,1-6H3. The molecule has 1 aromatic rings. The highest BCUT2D eigenvalue weighted by Gasteiger charge is 2.30. The van der Waals surface area contributed by atoms with Crippen molar-refractivity contribution >= 4 is 11.6 Å². The quantitative estimate of drug-likeness (QED) is 0.894. The Labute approximate surface area is 109 Å². The molecule has 0 spiro atoms. The first-order valence-corrected chi connectivity index (χ1v) is 6.28. The summed E-state index contributed by atoms with van der Waals surface area (Å²) in [5.74, 6) is -0.0747. The van der Waals surface area contributed by atoms with Crippen LogP contribution in [0.25, 0.3) is 0 Å². The van der Waals surface area contributed by atoms with Crippen LogP contribution in [0.3, 0.4) is 0 Å². The van der Waals surface area contributed by atoms with Crippen molar-refractivity contribution in [2.45, 2.75) is 47.2 Å². The van der Waals surface area contributed by atoms with Gasteiger partial charge in [0.05, 0.1) is 11.9 Å². The Bertz CT molecular complexity index is 431. The molecule has 0 aliphatic heterocycles. The smallest absolute Gasteiger partial charge is 0.274 e. The first-order valence-electron chi connectivity index (χ1n) is 6.28. The van der Waals surface area contributed by atoms with E-state index in [2.05, 4.69) is 25.9 Å². The number of nitrogen functional groups attached to an aromatic ring is 1. The molecule has 102 valence electrons. The van der Waals surface area contributed by atoms with Crippen molar-refractivity contribution in [1.29, 1.82) is 0 Å². The van der Waals surface area contributed by atoms with E-state index in [1.807, 2.05) is 20.9 Å². The molecule has 0 aliphatic rings. The van der Waals surface area contributed by atoms with Crippen LogP contribution in [0.5, 0.6) is 0 Å². The largest absolute Gasteiger partial charge is 0.396 e. The van der Waals surface area contributed by atoms with Gasteiger partial charge in [-0.25, -0.2) is 0 Å². The van der Waals surface area contributed by atoms with E-state index in [-0.39, 0.29) is 17.4 Å². The lowest BCUT2D eigenvalue weighted by molar-refractivity contribution is 0.0618. The molecule has 0 aliphatic carbocycles. The van der Waals surface area contributed by atoms with Crippen LogP contribution >= 0.6 is 0 Å². The molecule has 2 N–H and O–H groups in total. The highest BCUT2D eigenvalue weighted by atomic mass is 16.2. The van der Waals surface area contributed by atoms with E-state index in [1.165, 1.54) is 6.20 Å². The summed E-state index contributed by atoms with van der Waals surface area (Å²) in [5.41, 5.74) is 6.78. The number of carbonyl (C=O) groups is 1. The lowest BCUT2D eigenvalue weighted by atomic mass is 9.87. The van der Waals surface area contributed by atoms with Gasteiger partial charge in [-0.15, -0.1) is 0 Å². The third-order valence-corrected chi connectivity index (χ3v) is 3.52. The van der Waals surface area contributed by atoms with Crippen molar-refractivity contribution < 1.29 is 4.79 Å². The number of aryl methyl sites for hydroxylation is 1. The molecule has 1 rings (SSSR count). The maximum atomic E-state index is 12.5.